The highest BCUT2D eigenvalue weighted by molar-refractivity contribution is 7.90. The lowest BCUT2D eigenvalue weighted by atomic mass is 10.0. The summed E-state index contributed by atoms with van der Waals surface area (Å²) in [5.41, 5.74) is 6.05. The van der Waals surface area contributed by atoms with Gasteiger partial charge in [0.1, 0.15) is 9.84 Å². The van der Waals surface area contributed by atoms with Crippen LogP contribution in [0.1, 0.15) is 32.6 Å². The second kappa shape index (κ2) is 5.98. The Hall–Kier alpha value is -0.130. The van der Waals surface area contributed by atoms with Crippen molar-refractivity contribution in [3.63, 3.8) is 0 Å². The maximum atomic E-state index is 11.0. The summed E-state index contributed by atoms with van der Waals surface area (Å²) in [5.74, 6) is 0.831. The first-order valence-corrected chi connectivity index (χ1v) is 8.05. The second-order valence-corrected chi connectivity index (χ2v) is 6.95. The average molecular weight is 249 g/mol. The molecular weight excluding hydrogens is 226 g/mol. The zero-order valence-corrected chi connectivity index (χ0v) is 11.0. The zero-order chi connectivity index (χ0) is 12.2. The van der Waals surface area contributed by atoms with E-state index in [1.807, 2.05) is 6.92 Å². The fourth-order valence-corrected chi connectivity index (χ4v) is 2.66. The maximum absolute atomic E-state index is 11.0. The van der Waals surface area contributed by atoms with Gasteiger partial charge in [0, 0.05) is 24.7 Å². The predicted molar refractivity (Wildman–Crippen MR) is 65.1 cm³/mol. The molecule has 0 aromatic carbocycles. The third-order valence-corrected chi connectivity index (χ3v) is 3.95. The van der Waals surface area contributed by atoms with Gasteiger partial charge in [-0.2, -0.15) is 0 Å². The molecule has 1 fully saturated rings. The van der Waals surface area contributed by atoms with Gasteiger partial charge in [-0.3, -0.25) is 0 Å². The minimum atomic E-state index is -2.86. The van der Waals surface area contributed by atoms with Gasteiger partial charge in [0.15, 0.2) is 0 Å². The molecule has 0 aliphatic heterocycles. The Labute approximate surface area is 98.5 Å². The maximum Gasteiger partial charge on any atom is 0.147 e. The van der Waals surface area contributed by atoms with E-state index in [-0.39, 0.29) is 17.9 Å². The molecule has 0 bridgehead atoms. The van der Waals surface area contributed by atoms with E-state index in [0.29, 0.717) is 18.9 Å². The molecule has 1 saturated carbocycles. The van der Waals surface area contributed by atoms with E-state index in [1.165, 1.54) is 19.1 Å². The highest BCUT2D eigenvalue weighted by Crippen LogP contribution is 2.36. The molecule has 1 aliphatic carbocycles. The van der Waals surface area contributed by atoms with E-state index in [1.54, 1.807) is 0 Å². The standard InChI is InChI=1S/C11H23NO3S/c1-3-15-11(9-6-7-9)10(12)5-4-8-16(2,13)14/h9-11H,3-8,12H2,1-2H3. The highest BCUT2D eigenvalue weighted by atomic mass is 32.2. The molecule has 0 saturated heterocycles. The summed E-state index contributed by atoms with van der Waals surface area (Å²) in [6.07, 6.45) is 5.16. The molecule has 0 heterocycles. The first kappa shape index (κ1) is 13.9. The van der Waals surface area contributed by atoms with Gasteiger partial charge in [0.25, 0.3) is 0 Å². The SMILES string of the molecule is CCOC(C(N)CCCS(C)(=O)=O)C1CC1. The molecule has 1 rings (SSSR count). The first-order valence-electron chi connectivity index (χ1n) is 5.99. The summed E-state index contributed by atoms with van der Waals surface area (Å²) in [5, 5.41) is 0. The summed E-state index contributed by atoms with van der Waals surface area (Å²) in [6.45, 7) is 2.65. The topological polar surface area (TPSA) is 69.4 Å². The van der Waals surface area contributed by atoms with Crippen molar-refractivity contribution in [3.8, 4) is 0 Å². The van der Waals surface area contributed by atoms with Gasteiger partial charge in [-0.25, -0.2) is 8.42 Å². The van der Waals surface area contributed by atoms with E-state index in [4.69, 9.17) is 10.5 Å². The lowest BCUT2D eigenvalue weighted by Crippen LogP contribution is -2.38. The monoisotopic (exact) mass is 249 g/mol. The number of ether oxygens (including phenoxy) is 1. The van der Waals surface area contributed by atoms with Gasteiger partial charge in [-0.05, 0) is 38.5 Å². The van der Waals surface area contributed by atoms with E-state index in [2.05, 4.69) is 0 Å². The zero-order valence-electron chi connectivity index (χ0n) is 10.2. The molecule has 2 N–H and O–H groups in total. The van der Waals surface area contributed by atoms with Crippen LogP contribution in [0, 0.1) is 5.92 Å². The predicted octanol–water partition coefficient (Wildman–Crippen LogP) is 0.954. The molecule has 0 aromatic rings. The minimum absolute atomic E-state index is 0.0193. The summed E-state index contributed by atoms with van der Waals surface area (Å²) in [6, 6.07) is -0.0193. The molecule has 0 aromatic heterocycles. The molecule has 0 amide bonds. The molecule has 2 unspecified atom stereocenters. The van der Waals surface area contributed by atoms with Crippen molar-refractivity contribution in [2.45, 2.75) is 44.8 Å². The molecule has 1 aliphatic rings. The lowest BCUT2D eigenvalue weighted by molar-refractivity contribution is 0.0267. The number of hydrogen-bond donors (Lipinski definition) is 1. The van der Waals surface area contributed by atoms with Gasteiger partial charge in [-0.1, -0.05) is 0 Å². The number of sulfone groups is 1. The number of hydrogen-bond acceptors (Lipinski definition) is 4. The van der Waals surface area contributed by atoms with Crippen LogP contribution in [0.5, 0.6) is 0 Å². The smallest absolute Gasteiger partial charge is 0.147 e. The molecule has 5 heteroatoms. The molecule has 96 valence electrons. The molecule has 4 nitrogen and oxygen atoms in total. The Morgan fingerprint density at radius 2 is 2.06 bits per heavy atom. The minimum Gasteiger partial charge on any atom is -0.377 e. The number of rotatable bonds is 8. The summed E-state index contributed by atoms with van der Waals surface area (Å²) >= 11 is 0. The normalized spacial score (nSPS) is 20.7. The van der Waals surface area contributed by atoms with Crippen LogP contribution in [0.2, 0.25) is 0 Å². The van der Waals surface area contributed by atoms with E-state index in [0.717, 1.165) is 6.42 Å². The average Bonchev–Trinajstić information content (AvgIpc) is 2.95. The van der Waals surface area contributed by atoms with Gasteiger partial charge in [0.05, 0.1) is 6.10 Å². The van der Waals surface area contributed by atoms with Gasteiger partial charge >= 0.3 is 0 Å². The van der Waals surface area contributed by atoms with Crippen molar-refractivity contribution >= 4 is 9.84 Å². The number of nitrogens with two attached hydrogens (primary N) is 1. The Balaban J connectivity index is 2.28. The van der Waals surface area contributed by atoms with E-state index in [9.17, 15) is 8.42 Å². The Morgan fingerprint density at radius 1 is 1.44 bits per heavy atom. The fourth-order valence-electron chi connectivity index (χ4n) is 1.97. The van der Waals surface area contributed by atoms with Crippen LogP contribution in [0.3, 0.4) is 0 Å². The second-order valence-electron chi connectivity index (χ2n) is 4.69. The largest absolute Gasteiger partial charge is 0.377 e. The van der Waals surface area contributed by atoms with Crippen LogP contribution in [0.4, 0.5) is 0 Å². The molecule has 0 radical (unpaired) electrons. The Bertz CT molecular complexity index is 298. The summed E-state index contributed by atoms with van der Waals surface area (Å²) < 4.78 is 27.6. The van der Waals surface area contributed by atoms with Crippen molar-refractivity contribution in [1.82, 2.24) is 0 Å². The van der Waals surface area contributed by atoms with Gasteiger partial charge in [-0.15, -0.1) is 0 Å². The summed E-state index contributed by atoms with van der Waals surface area (Å²) in [4.78, 5) is 0. The van der Waals surface area contributed by atoms with Crippen LogP contribution < -0.4 is 5.73 Å². The molecule has 0 spiro atoms. The molecule has 16 heavy (non-hydrogen) atoms. The Kier molecular flexibility index (Phi) is 5.21. The fraction of sp³-hybridized carbons (Fsp3) is 1.00. The van der Waals surface area contributed by atoms with E-state index >= 15 is 0 Å². The summed E-state index contributed by atoms with van der Waals surface area (Å²) in [7, 11) is -2.86. The van der Waals surface area contributed by atoms with Crippen LogP contribution in [0.15, 0.2) is 0 Å². The molecule has 2 atom stereocenters. The van der Waals surface area contributed by atoms with Crippen LogP contribution >= 0.6 is 0 Å². The third-order valence-electron chi connectivity index (χ3n) is 2.92. The molecular formula is C11H23NO3S. The third kappa shape index (κ3) is 5.27. The van der Waals surface area contributed by atoms with Crippen LogP contribution in [-0.4, -0.2) is 39.2 Å². The van der Waals surface area contributed by atoms with Crippen molar-refractivity contribution in [3.05, 3.63) is 0 Å². The van der Waals surface area contributed by atoms with Gasteiger partial charge in [0.2, 0.25) is 0 Å². The lowest BCUT2D eigenvalue weighted by Gasteiger charge is -2.23. The van der Waals surface area contributed by atoms with Crippen molar-refractivity contribution < 1.29 is 13.2 Å². The quantitative estimate of drug-likeness (QED) is 0.695. The van der Waals surface area contributed by atoms with Crippen molar-refractivity contribution in [1.29, 1.82) is 0 Å². The van der Waals surface area contributed by atoms with Gasteiger partial charge < -0.3 is 10.5 Å². The van der Waals surface area contributed by atoms with E-state index < -0.39 is 9.84 Å². The Morgan fingerprint density at radius 3 is 2.50 bits per heavy atom. The van der Waals surface area contributed by atoms with Crippen molar-refractivity contribution in [2.24, 2.45) is 11.7 Å². The van der Waals surface area contributed by atoms with Crippen molar-refractivity contribution in [2.75, 3.05) is 18.6 Å². The van der Waals surface area contributed by atoms with Crippen LogP contribution in [0.25, 0.3) is 0 Å². The first-order chi connectivity index (χ1) is 7.44. The highest BCUT2D eigenvalue weighted by Gasteiger charge is 2.35. The van der Waals surface area contributed by atoms with Crippen LogP contribution in [-0.2, 0) is 14.6 Å².